The zero-order valence-electron chi connectivity index (χ0n) is 8.40. The highest BCUT2D eigenvalue weighted by Gasteiger charge is 2.31. The van der Waals surface area contributed by atoms with Gasteiger partial charge in [0, 0.05) is 22.2 Å². The highest BCUT2D eigenvalue weighted by atomic mass is 127. The molecule has 0 fully saturated rings. The summed E-state index contributed by atoms with van der Waals surface area (Å²) in [6, 6.07) is 1.15. The van der Waals surface area contributed by atoms with Gasteiger partial charge in [-0.25, -0.2) is 0 Å². The van der Waals surface area contributed by atoms with Gasteiger partial charge in [0.25, 0.3) is 0 Å². The second-order valence-corrected chi connectivity index (χ2v) is 5.60. The summed E-state index contributed by atoms with van der Waals surface area (Å²) in [7, 11) is 0. The Morgan fingerprint density at radius 3 is 2.47 bits per heavy atom. The zero-order chi connectivity index (χ0) is 11.6. The lowest BCUT2D eigenvalue weighted by Crippen LogP contribution is -2.09. The quantitative estimate of drug-likeness (QED) is 0.594. The third-order valence-corrected chi connectivity index (χ3v) is 2.43. The predicted molar refractivity (Wildman–Crippen MR) is 61.2 cm³/mol. The highest BCUT2D eigenvalue weighted by Crippen LogP contribution is 2.29. The van der Waals surface area contributed by atoms with Crippen molar-refractivity contribution in [1.82, 2.24) is 4.98 Å². The molecule has 0 saturated heterocycles. The van der Waals surface area contributed by atoms with Crippen LogP contribution in [0.5, 0.6) is 0 Å². The van der Waals surface area contributed by atoms with Gasteiger partial charge in [0.1, 0.15) is 0 Å². The number of halogens is 4. The summed E-state index contributed by atoms with van der Waals surface area (Å²) in [6.07, 6.45) is -2.70. The molecule has 15 heavy (non-hydrogen) atoms. The van der Waals surface area contributed by atoms with Crippen LogP contribution in [0.15, 0.2) is 12.3 Å². The molecule has 1 heterocycles. The molecule has 5 heteroatoms. The Morgan fingerprint density at radius 2 is 2.07 bits per heavy atom. The van der Waals surface area contributed by atoms with Crippen molar-refractivity contribution in [3.05, 3.63) is 29.1 Å². The minimum Gasteiger partial charge on any atom is -0.260 e. The molecule has 1 unspecified atom stereocenters. The first-order valence-corrected chi connectivity index (χ1v) is 5.72. The van der Waals surface area contributed by atoms with Gasteiger partial charge in [-0.15, -0.1) is 0 Å². The van der Waals surface area contributed by atoms with Crippen molar-refractivity contribution in [1.29, 1.82) is 0 Å². The van der Waals surface area contributed by atoms with E-state index in [-0.39, 0.29) is 0 Å². The van der Waals surface area contributed by atoms with Crippen molar-refractivity contribution in [3.63, 3.8) is 0 Å². The normalized spacial score (nSPS) is 14.0. The summed E-state index contributed by atoms with van der Waals surface area (Å²) >= 11 is 2.23. The molecule has 0 N–H and O–H groups in total. The molecule has 0 amide bonds. The van der Waals surface area contributed by atoms with Crippen LogP contribution in [0, 0.1) is 6.92 Å². The van der Waals surface area contributed by atoms with Crippen LogP contribution in [0.4, 0.5) is 13.2 Å². The molecule has 0 aliphatic heterocycles. The van der Waals surface area contributed by atoms with Crippen LogP contribution in [0.25, 0.3) is 0 Å². The molecule has 0 aromatic carbocycles. The van der Waals surface area contributed by atoms with Gasteiger partial charge in [0.2, 0.25) is 0 Å². The van der Waals surface area contributed by atoms with Crippen molar-refractivity contribution >= 4 is 22.6 Å². The summed E-state index contributed by atoms with van der Waals surface area (Å²) in [5, 5.41) is 0. The van der Waals surface area contributed by atoms with E-state index in [1.807, 2.05) is 6.92 Å². The van der Waals surface area contributed by atoms with Gasteiger partial charge in [0.15, 0.2) is 0 Å². The number of alkyl halides is 4. The van der Waals surface area contributed by atoms with Crippen molar-refractivity contribution in [3.8, 4) is 0 Å². The minimum atomic E-state index is -4.30. The fraction of sp³-hybridized carbons (Fsp3) is 0.500. The predicted octanol–water partition coefficient (Wildman–Crippen LogP) is 3.77. The van der Waals surface area contributed by atoms with Crippen LogP contribution in [-0.2, 0) is 12.6 Å². The fourth-order valence-electron chi connectivity index (χ4n) is 1.24. The number of nitrogens with zero attached hydrogens (tertiary/aromatic N) is 1. The fourth-order valence-corrected chi connectivity index (χ4v) is 1.66. The second kappa shape index (κ2) is 4.67. The lowest BCUT2D eigenvalue weighted by Gasteiger charge is -2.10. The van der Waals surface area contributed by atoms with E-state index in [1.54, 1.807) is 6.92 Å². The van der Waals surface area contributed by atoms with Gasteiger partial charge in [-0.05, 0) is 18.6 Å². The number of pyridine rings is 1. The maximum atomic E-state index is 12.3. The van der Waals surface area contributed by atoms with Crippen LogP contribution in [0.3, 0.4) is 0 Å². The minimum absolute atomic E-state index is 0.366. The third-order valence-electron chi connectivity index (χ3n) is 1.99. The van der Waals surface area contributed by atoms with Gasteiger partial charge in [-0.3, -0.25) is 4.98 Å². The van der Waals surface area contributed by atoms with Crippen molar-refractivity contribution in [2.45, 2.75) is 30.4 Å². The summed E-state index contributed by atoms with van der Waals surface area (Å²) in [6.45, 7) is 3.66. The number of aromatic nitrogens is 1. The van der Waals surface area contributed by atoms with E-state index in [9.17, 15) is 13.2 Å². The Bertz CT molecular complexity index is 347. The Kier molecular flexibility index (Phi) is 3.97. The molecular weight excluding hydrogens is 318 g/mol. The average Bonchev–Trinajstić information content (AvgIpc) is 2.05. The number of hydrogen-bond acceptors (Lipinski definition) is 1. The van der Waals surface area contributed by atoms with E-state index < -0.39 is 11.7 Å². The van der Waals surface area contributed by atoms with E-state index in [0.29, 0.717) is 15.9 Å². The smallest absolute Gasteiger partial charge is 0.260 e. The highest BCUT2D eigenvalue weighted by molar-refractivity contribution is 14.1. The van der Waals surface area contributed by atoms with Crippen LogP contribution in [0.2, 0.25) is 0 Å². The van der Waals surface area contributed by atoms with Gasteiger partial charge in [-0.2, -0.15) is 13.2 Å². The van der Waals surface area contributed by atoms with E-state index in [0.717, 1.165) is 18.0 Å². The second-order valence-electron chi connectivity index (χ2n) is 3.47. The lowest BCUT2D eigenvalue weighted by molar-refractivity contribution is -0.137. The summed E-state index contributed by atoms with van der Waals surface area (Å²) in [5.41, 5.74) is 0.670. The van der Waals surface area contributed by atoms with Crippen molar-refractivity contribution in [2.24, 2.45) is 0 Å². The third kappa shape index (κ3) is 3.62. The number of rotatable bonds is 2. The van der Waals surface area contributed by atoms with E-state index >= 15 is 0 Å². The molecule has 0 aliphatic rings. The monoisotopic (exact) mass is 329 g/mol. The molecule has 84 valence electrons. The summed E-state index contributed by atoms with van der Waals surface area (Å²) in [5.74, 6) is 0. The topological polar surface area (TPSA) is 12.9 Å². The first-order chi connectivity index (χ1) is 6.80. The Labute approximate surface area is 100 Å². The average molecular weight is 329 g/mol. The molecule has 1 rings (SSSR count). The van der Waals surface area contributed by atoms with Gasteiger partial charge in [-0.1, -0.05) is 29.5 Å². The lowest BCUT2D eigenvalue weighted by atomic mass is 10.1. The summed E-state index contributed by atoms with van der Waals surface area (Å²) in [4.78, 5) is 3.86. The SMILES string of the molecule is Cc1cc(C(F)(F)F)cnc1CC(C)I. The number of hydrogen-bond donors (Lipinski definition) is 0. The molecule has 1 nitrogen and oxygen atoms in total. The summed E-state index contributed by atoms with van der Waals surface area (Å²) < 4.78 is 37.3. The van der Waals surface area contributed by atoms with Gasteiger partial charge >= 0.3 is 6.18 Å². The van der Waals surface area contributed by atoms with Crippen LogP contribution in [0.1, 0.15) is 23.7 Å². The molecule has 1 aromatic rings. The van der Waals surface area contributed by atoms with Gasteiger partial charge in [0.05, 0.1) is 5.56 Å². The van der Waals surface area contributed by atoms with Gasteiger partial charge < -0.3 is 0 Å². The van der Waals surface area contributed by atoms with E-state index in [2.05, 4.69) is 27.6 Å². The Balaban J connectivity index is 2.98. The zero-order valence-corrected chi connectivity index (χ0v) is 10.6. The van der Waals surface area contributed by atoms with Crippen LogP contribution < -0.4 is 0 Å². The molecule has 1 aromatic heterocycles. The largest absolute Gasteiger partial charge is 0.417 e. The molecule has 0 saturated carbocycles. The standard InChI is InChI=1S/C10H11F3IN/c1-6-3-8(10(11,12)13)5-15-9(6)4-7(2)14/h3,5,7H,4H2,1-2H3. The first kappa shape index (κ1) is 12.7. The molecule has 0 radical (unpaired) electrons. The molecule has 0 bridgehead atoms. The molecule has 1 atom stereocenters. The van der Waals surface area contributed by atoms with Crippen LogP contribution in [-0.4, -0.2) is 8.91 Å². The molecular formula is C10H11F3IN. The van der Waals surface area contributed by atoms with Crippen molar-refractivity contribution in [2.75, 3.05) is 0 Å². The van der Waals surface area contributed by atoms with Crippen LogP contribution >= 0.6 is 22.6 Å². The molecule has 0 aliphatic carbocycles. The Hall–Kier alpha value is -0.330. The number of aryl methyl sites for hydroxylation is 1. The van der Waals surface area contributed by atoms with E-state index in [1.165, 1.54) is 0 Å². The molecule has 0 spiro atoms. The van der Waals surface area contributed by atoms with Crippen molar-refractivity contribution < 1.29 is 13.2 Å². The maximum absolute atomic E-state index is 12.3. The Morgan fingerprint density at radius 1 is 1.47 bits per heavy atom. The maximum Gasteiger partial charge on any atom is 0.417 e. The first-order valence-electron chi connectivity index (χ1n) is 4.47. The van der Waals surface area contributed by atoms with E-state index in [4.69, 9.17) is 0 Å².